The van der Waals surface area contributed by atoms with E-state index in [2.05, 4.69) is 16.0 Å². The molecule has 0 aliphatic carbocycles. The second-order valence-corrected chi connectivity index (χ2v) is 6.38. The molecule has 10 heteroatoms. The normalized spacial score (nSPS) is 10.4. The first-order valence-corrected chi connectivity index (χ1v) is 9.27. The average molecular weight is 431 g/mol. The SMILES string of the molecule is CCOc1c(Cl)cc(C(=O)NNC(=O)c2nn(-c3ccccc3)cc2O)cc1OC. The smallest absolute Gasteiger partial charge is 0.294 e. The summed E-state index contributed by atoms with van der Waals surface area (Å²) in [5, 5.41) is 14.3. The molecule has 0 aliphatic rings. The molecule has 156 valence electrons. The molecule has 30 heavy (non-hydrogen) atoms. The number of carbonyl (C=O) groups is 2. The molecular formula is C20H19ClN4O5. The summed E-state index contributed by atoms with van der Waals surface area (Å²) in [6.07, 6.45) is 1.29. The molecule has 3 aromatic rings. The lowest BCUT2D eigenvalue weighted by molar-refractivity contribution is 0.0842. The minimum atomic E-state index is -0.792. The van der Waals surface area contributed by atoms with E-state index in [1.807, 2.05) is 6.07 Å². The largest absolute Gasteiger partial charge is 0.504 e. The third-order valence-corrected chi connectivity index (χ3v) is 4.28. The number of amides is 2. The Hall–Kier alpha value is -3.72. The quantitative estimate of drug-likeness (QED) is 0.518. The fraction of sp³-hybridized carbons (Fsp3) is 0.150. The first-order chi connectivity index (χ1) is 14.4. The van der Waals surface area contributed by atoms with E-state index in [9.17, 15) is 14.7 Å². The Kier molecular flexibility index (Phi) is 6.43. The van der Waals surface area contributed by atoms with Crippen molar-refractivity contribution < 1.29 is 24.2 Å². The van der Waals surface area contributed by atoms with Crippen molar-refractivity contribution in [2.24, 2.45) is 0 Å². The number of nitrogens with one attached hydrogen (secondary N) is 2. The van der Waals surface area contributed by atoms with Crippen LogP contribution in [0, 0.1) is 0 Å². The number of hydrogen-bond donors (Lipinski definition) is 3. The van der Waals surface area contributed by atoms with Gasteiger partial charge in [-0.3, -0.25) is 20.4 Å². The van der Waals surface area contributed by atoms with Crippen molar-refractivity contribution in [3.8, 4) is 22.9 Å². The Labute approximate surface area is 177 Å². The lowest BCUT2D eigenvalue weighted by Gasteiger charge is -2.13. The van der Waals surface area contributed by atoms with Crippen LogP contribution < -0.4 is 20.3 Å². The van der Waals surface area contributed by atoms with Crippen LogP contribution in [-0.4, -0.2) is 40.4 Å². The van der Waals surface area contributed by atoms with E-state index in [0.29, 0.717) is 18.0 Å². The van der Waals surface area contributed by atoms with Gasteiger partial charge >= 0.3 is 0 Å². The third kappa shape index (κ3) is 4.47. The number of aromatic nitrogens is 2. The van der Waals surface area contributed by atoms with Crippen LogP contribution in [0.5, 0.6) is 17.2 Å². The molecule has 3 rings (SSSR count). The van der Waals surface area contributed by atoms with Crippen molar-refractivity contribution in [3.05, 3.63) is 64.9 Å². The molecule has 0 spiro atoms. The highest BCUT2D eigenvalue weighted by Gasteiger charge is 2.19. The van der Waals surface area contributed by atoms with Crippen LogP contribution in [0.4, 0.5) is 0 Å². The number of hydrazine groups is 1. The van der Waals surface area contributed by atoms with Gasteiger partial charge in [-0.2, -0.15) is 5.10 Å². The summed E-state index contributed by atoms with van der Waals surface area (Å²) in [6.45, 7) is 2.16. The molecule has 0 fully saturated rings. The average Bonchev–Trinajstić information content (AvgIpc) is 3.15. The topological polar surface area (TPSA) is 115 Å². The van der Waals surface area contributed by atoms with Crippen LogP contribution in [0.2, 0.25) is 5.02 Å². The van der Waals surface area contributed by atoms with Gasteiger partial charge in [0.1, 0.15) is 0 Å². The van der Waals surface area contributed by atoms with E-state index in [4.69, 9.17) is 21.1 Å². The number of rotatable bonds is 6. The monoisotopic (exact) mass is 430 g/mol. The fourth-order valence-corrected chi connectivity index (χ4v) is 2.89. The Morgan fingerprint density at radius 2 is 1.87 bits per heavy atom. The van der Waals surface area contributed by atoms with Crippen molar-refractivity contribution in [1.82, 2.24) is 20.6 Å². The number of hydrogen-bond acceptors (Lipinski definition) is 6. The molecule has 0 saturated carbocycles. The summed E-state index contributed by atoms with van der Waals surface area (Å²) in [4.78, 5) is 24.8. The predicted octanol–water partition coefficient (Wildman–Crippen LogP) is 2.71. The summed E-state index contributed by atoms with van der Waals surface area (Å²) >= 11 is 6.16. The minimum absolute atomic E-state index is 0.139. The molecule has 0 unspecified atom stereocenters. The molecule has 0 aliphatic heterocycles. The molecule has 0 bridgehead atoms. The first-order valence-electron chi connectivity index (χ1n) is 8.89. The van der Waals surface area contributed by atoms with E-state index in [1.54, 1.807) is 31.2 Å². The van der Waals surface area contributed by atoms with E-state index in [0.717, 1.165) is 0 Å². The Balaban J connectivity index is 1.71. The van der Waals surface area contributed by atoms with Gasteiger partial charge in [0.25, 0.3) is 11.8 Å². The van der Waals surface area contributed by atoms with E-state index in [-0.39, 0.29) is 27.8 Å². The molecule has 3 N–H and O–H groups in total. The standard InChI is InChI=1S/C20H19ClN4O5/c1-3-30-18-14(21)9-12(10-16(18)29-2)19(27)22-23-20(28)17-15(26)11-25(24-17)13-7-5-4-6-8-13/h4-11,26H,3H2,1-2H3,(H,22,27)(H,23,28). The van der Waals surface area contributed by atoms with E-state index in [1.165, 1.54) is 30.1 Å². The van der Waals surface area contributed by atoms with Gasteiger partial charge < -0.3 is 14.6 Å². The van der Waals surface area contributed by atoms with Gasteiger partial charge in [0.05, 0.1) is 30.6 Å². The summed E-state index contributed by atoms with van der Waals surface area (Å²) in [5.41, 5.74) is 5.01. The van der Waals surface area contributed by atoms with Crippen LogP contribution in [0.1, 0.15) is 27.8 Å². The highest BCUT2D eigenvalue weighted by atomic mass is 35.5. The highest BCUT2D eigenvalue weighted by Crippen LogP contribution is 2.36. The zero-order valence-corrected chi connectivity index (χ0v) is 16.9. The molecule has 0 radical (unpaired) electrons. The number of para-hydroxylation sites is 1. The first kappa shape index (κ1) is 21.0. The van der Waals surface area contributed by atoms with Crippen molar-refractivity contribution >= 4 is 23.4 Å². The summed E-state index contributed by atoms with van der Waals surface area (Å²) in [6, 6.07) is 11.8. The van der Waals surface area contributed by atoms with E-state index < -0.39 is 11.8 Å². The number of nitrogens with zero attached hydrogens (tertiary/aromatic N) is 2. The zero-order chi connectivity index (χ0) is 21.7. The van der Waals surface area contributed by atoms with E-state index >= 15 is 0 Å². The molecule has 1 aromatic heterocycles. The fourth-order valence-electron chi connectivity index (χ4n) is 2.62. The third-order valence-electron chi connectivity index (χ3n) is 4.00. The lowest BCUT2D eigenvalue weighted by atomic mass is 10.2. The van der Waals surface area contributed by atoms with Crippen molar-refractivity contribution in [2.75, 3.05) is 13.7 Å². The zero-order valence-electron chi connectivity index (χ0n) is 16.2. The lowest BCUT2D eigenvalue weighted by Crippen LogP contribution is -2.41. The maximum absolute atomic E-state index is 12.4. The second kappa shape index (κ2) is 9.19. The molecule has 0 saturated heterocycles. The number of aromatic hydroxyl groups is 1. The van der Waals surface area contributed by atoms with Gasteiger partial charge in [0.2, 0.25) is 0 Å². The maximum atomic E-state index is 12.4. The summed E-state index contributed by atoms with van der Waals surface area (Å²) in [7, 11) is 1.42. The second-order valence-electron chi connectivity index (χ2n) is 5.97. The van der Waals surface area contributed by atoms with Gasteiger partial charge in [-0.1, -0.05) is 29.8 Å². The molecule has 9 nitrogen and oxygen atoms in total. The van der Waals surface area contributed by atoms with Crippen LogP contribution in [0.3, 0.4) is 0 Å². The number of ether oxygens (including phenoxy) is 2. The van der Waals surface area contributed by atoms with Crippen LogP contribution >= 0.6 is 11.6 Å². The molecular weight excluding hydrogens is 412 g/mol. The van der Waals surface area contributed by atoms with Crippen LogP contribution in [0.25, 0.3) is 5.69 Å². The Morgan fingerprint density at radius 1 is 1.17 bits per heavy atom. The molecule has 2 amide bonds. The molecule has 0 atom stereocenters. The number of carbonyl (C=O) groups excluding carboxylic acids is 2. The highest BCUT2D eigenvalue weighted by molar-refractivity contribution is 6.32. The predicted molar refractivity (Wildman–Crippen MR) is 109 cm³/mol. The Morgan fingerprint density at radius 3 is 2.53 bits per heavy atom. The minimum Gasteiger partial charge on any atom is -0.504 e. The van der Waals surface area contributed by atoms with Crippen molar-refractivity contribution in [2.45, 2.75) is 6.92 Å². The summed E-state index contributed by atoms with van der Waals surface area (Å²) in [5.74, 6) is -1.18. The van der Waals surface area contributed by atoms with Crippen molar-refractivity contribution in [3.63, 3.8) is 0 Å². The molecule has 1 heterocycles. The van der Waals surface area contributed by atoms with Gasteiger partial charge in [-0.15, -0.1) is 0 Å². The van der Waals surface area contributed by atoms with Gasteiger partial charge in [0.15, 0.2) is 22.9 Å². The van der Waals surface area contributed by atoms with Crippen LogP contribution in [-0.2, 0) is 0 Å². The van der Waals surface area contributed by atoms with Crippen LogP contribution in [0.15, 0.2) is 48.7 Å². The Bertz CT molecular complexity index is 1070. The number of halogens is 1. The number of benzene rings is 2. The maximum Gasteiger partial charge on any atom is 0.294 e. The van der Waals surface area contributed by atoms with Gasteiger partial charge in [-0.05, 0) is 31.2 Å². The van der Waals surface area contributed by atoms with Gasteiger partial charge in [-0.25, -0.2) is 4.68 Å². The molecule has 2 aromatic carbocycles. The van der Waals surface area contributed by atoms with Crippen molar-refractivity contribution in [1.29, 1.82) is 0 Å². The number of methoxy groups -OCH3 is 1. The summed E-state index contributed by atoms with van der Waals surface area (Å²) < 4.78 is 12.0. The van der Waals surface area contributed by atoms with Gasteiger partial charge in [0, 0.05) is 5.56 Å².